The average molecular weight is 361 g/mol. The molecular weight excluding hydrogens is 350 g/mol. The summed E-state index contributed by atoms with van der Waals surface area (Å²) in [6, 6.07) is 11.5. The first-order valence-corrected chi connectivity index (χ1v) is 8.23. The standard InChI is InChI=1S/C13H11BrClNO2S/c14-10-5-9(6-11(16)7-10)8-19(17,18)13-4-2-1-3-12(13)15/h1-7H,8,16H2. The van der Waals surface area contributed by atoms with Crippen LogP contribution in [0, 0.1) is 0 Å². The Morgan fingerprint density at radius 2 is 1.84 bits per heavy atom. The fourth-order valence-corrected chi connectivity index (χ4v) is 4.21. The zero-order chi connectivity index (χ0) is 14.0. The first-order valence-electron chi connectivity index (χ1n) is 5.41. The highest BCUT2D eigenvalue weighted by molar-refractivity contribution is 9.10. The molecule has 0 spiro atoms. The van der Waals surface area contributed by atoms with Gasteiger partial charge in [0.25, 0.3) is 0 Å². The molecule has 2 rings (SSSR count). The number of sulfone groups is 1. The van der Waals surface area contributed by atoms with Gasteiger partial charge in [-0.05, 0) is 35.9 Å². The maximum atomic E-state index is 12.3. The Labute approximate surface area is 125 Å². The largest absolute Gasteiger partial charge is 0.399 e. The van der Waals surface area contributed by atoms with Crippen molar-refractivity contribution in [3.8, 4) is 0 Å². The second kappa shape index (κ2) is 5.53. The lowest BCUT2D eigenvalue weighted by atomic mass is 10.2. The van der Waals surface area contributed by atoms with E-state index >= 15 is 0 Å². The molecule has 2 N–H and O–H groups in total. The SMILES string of the molecule is Nc1cc(Br)cc(CS(=O)(=O)c2ccccc2Cl)c1. The second-order valence-corrected chi connectivity index (χ2v) is 7.36. The van der Waals surface area contributed by atoms with Gasteiger partial charge < -0.3 is 5.73 Å². The van der Waals surface area contributed by atoms with Gasteiger partial charge in [-0.2, -0.15) is 0 Å². The maximum absolute atomic E-state index is 12.3. The van der Waals surface area contributed by atoms with Crippen LogP contribution in [0.5, 0.6) is 0 Å². The topological polar surface area (TPSA) is 60.2 Å². The summed E-state index contributed by atoms with van der Waals surface area (Å²) in [6.07, 6.45) is 0. The van der Waals surface area contributed by atoms with E-state index in [2.05, 4.69) is 15.9 Å². The molecule has 6 heteroatoms. The fraction of sp³-hybridized carbons (Fsp3) is 0.0769. The molecule has 2 aromatic rings. The minimum absolute atomic E-state index is 0.134. The highest BCUT2D eigenvalue weighted by atomic mass is 79.9. The lowest BCUT2D eigenvalue weighted by molar-refractivity contribution is 0.595. The minimum Gasteiger partial charge on any atom is -0.399 e. The number of hydrogen-bond acceptors (Lipinski definition) is 3. The Morgan fingerprint density at radius 3 is 2.47 bits per heavy atom. The number of nitrogen functional groups attached to an aromatic ring is 1. The van der Waals surface area contributed by atoms with Crippen LogP contribution in [-0.4, -0.2) is 8.42 Å². The van der Waals surface area contributed by atoms with E-state index in [9.17, 15) is 8.42 Å². The monoisotopic (exact) mass is 359 g/mol. The van der Waals surface area contributed by atoms with Crippen molar-refractivity contribution in [1.82, 2.24) is 0 Å². The van der Waals surface area contributed by atoms with Crippen LogP contribution in [0.4, 0.5) is 5.69 Å². The van der Waals surface area contributed by atoms with E-state index in [-0.39, 0.29) is 15.7 Å². The van der Waals surface area contributed by atoms with Crippen LogP contribution in [0.15, 0.2) is 51.8 Å². The van der Waals surface area contributed by atoms with Gasteiger partial charge in [-0.1, -0.05) is 39.7 Å². The molecular formula is C13H11BrClNO2S. The van der Waals surface area contributed by atoms with Crippen molar-refractivity contribution in [2.45, 2.75) is 10.6 Å². The van der Waals surface area contributed by atoms with Gasteiger partial charge >= 0.3 is 0 Å². The lowest BCUT2D eigenvalue weighted by Gasteiger charge is -2.07. The van der Waals surface area contributed by atoms with E-state index in [0.717, 1.165) is 4.47 Å². The van der Waals surface area contributed by atoms with Gasteiger partial charge in [0.05, 0.1) is 15.7 Å². The average Bonchev–Trinajstić information content (AvgIpc) is 2.26. The van der Waals surface area contributed by atoms with E-state index in [1.807, 2.05) is 0 Å². The summed E-state index contributed by atoms with van der Waals surface area (Å²) in [5.41, 5.74) is 6.83. The number of nitrogens with two attached hydrogens (primary N) is 1. The second-order valence-electron chi connectivity index (χ2n) is 4.08. The number of halogens is 2. The van der Waals surface area contributed by atoms with E-state index in [0.29, 0.717) is 11.3 Å². The van der Waals surface area contributed by atoms with Crippen molar-refractivity contribution in [3.05, 3.63) is 57.5 Å². The third kappa shape index (κ3) is 3.49. The van der Waals surface area contributed by atoms with Gasteiger partial charge in [0.1, 0.15) is 0 Å². The van der Waals surface area contributed by atoms with E-state index < -0.39 is 9.84 Å². The molecule has 0 aliphatic carbocycles. The van der Waals surface area contributed by atoms with E-state index in [1.165, 1.54) is 6.07 Å². The molecule has 0 bridgehead atoms. The number of benzene rings is 2. The summed E-state index contributed by atoms with van der Waals surface area (Å²) in [4.78, 5) is 0.134. The Morgan fingerprint density at radius 1 is 1.16 bits per heavy atom. The van der Waals surface area contributed by atoms with Gasteiger partial charge in [0, 0.05) is 10.2 Å². The smallest absolute Gasteiger partial charge is 0.183 e. The molecule has 0 atom stereocenters. The third-order valence-corrected chi connectivity index (χ3v) is 5.15. The first-order chi connectivity index (χ1) is 8.88. The maximum Gasteiger partial charge on any atom is 0.183 e. The van der Waals surface area contributed by atoms with Crippen LogP contribution in [0.1, 0.15) is 5.56 Å². The number of anilines is 1. The van der Waals surface area contributed by atoms with Crippen LogP contribution in [0.3, 0.4) is 0 Å². The molecule has 0 saturated heterocycles. The molecule has 0 aliphatic heterocycles. The predicted molar refractivity (Wildman–Crippen MR) is 80.9 cm³/mol. The Kier molecular flexibility index (Phi) is 4.18. The number of hydrogen-bond donors (Lipinski definition) is 1. The first kappa shape index (κ1) is 14.4. The molecule has 0 aromatic heterocycles. The third-order valence-electron chi connectivity index (χ3n) is 2.51. The Hall–Kier alpha value is -1.04. The van der Waals surface area contributed by atoms with Gasteiger partial charge in [-0.3, -0.25) is 0 Å². The van der Waals surface area contributed by atoms with Gasteiger partial charge in [-0.15, -0.1) is 0 Å². The summed E-state index contributed by atoms with van der Waals surface area (Å²) in [7, 11) is -3.49. The van der Waals surface area contributed by atoms with Gasteiger partial charge in [-0.25, -0.2) is 8.42 Å². The summed E-state index contributed by atoms with van der Waals surface area (Å²) in [5, 5.41) is 0.227. The molecule has 0 fully saturated rings. The zero-order valence-corrected chi connectivity index (χ0v) is 13.0. The van der Waals surface area contributed by atoms with Crippen LogP contribution < -0.4 is 5.73 Å². The molecule has 0 saturated carbocycles. The Bertz CT molecular complexity index is 696. The van der Waals surface area contributed by atoms with Crippen LogP contribution in [-0.2, 0) is 15.6 Å². The van der Waals surface area contributed by atoms with Gasteiger partial charge in [0.15, 0.2) is 9.84 Å². The zero-order valence-electron chi connectivity index (χ0n) is 9.81. The minimum atomic E-state index is -3.49. The normalized spacial score (nSPS) is 11.5. The van der Waals surface area contributed by atoms with Gasteiger partial charge in [0.2, 0.25) is 0 Å². The highest BCUT2D eigenvalue weighted by Crippen LogP contribution is 2.26. The number of rotatable bonds is 3. The van der Waals surface area contributed by atoms with Crippen molar-refractivity contribution in [2.75, 3.05) is 5.73 Å². The molecule has 0 radical (unpaired) electrons. The van der Waals surface area contributed by atoms with E-state index in [1.54, 1.807) is 36.4 Å². The lowest BCUT2D eigenvalue weighted by Crippen LogP contribution is -2.06. The van der Waals surface area contributed by atoms with Crippen molar-refractivity contribution in [2.24, 2.45) is 0 Å². The fourth-order valence-electron chi connectivity index (χ4n) is 1.75. The molecule has 3 nitrogen and oxygen atoms in total. The molecule has 100 valence electrons. The molecule has 0 aliphatic rings. The quantitative estimate of drug-likeness (QED) is 0.850. The summed E-state index contributed by atoms with van der Waals surface area (Å²) in [6.45, 7) is 0. The summed E-state index contributed by atoms with van der Waals surface area (Å²) < 4.78 is 25.4. The van der Waals surface area contributed by atoms with E-state index in [4.69, 9.17) is 17.3 Å². The molecule has 19 heavy (non-hydrogen) atoms. The molecule has 2 aromatic carbocycles. The summed E-state index contributed by atoms with van der Waals surface area (Å²) in [5.74, 6) is -0.139. The van der Waals surface area contributed by atoms with Crippen molar-refractivity contribution >= 4 is 43.1 Å². The highest BCUT2D eigenvalue weighted by Gasteiger charge is 2.18. The molecule has 0 unspecified atom stereocenters. The predicted octanol–water partition coefficient (Wildman–Crippen LogP) is 3.66. The summed E-state index contributed by atoms with van der Waals surface area (Å²) >= 11 is 9.21. The molecule has 0 heterocycles. The molecule has 0 amide bonds. The van der Waals surface area contributed by atoms with Crippen molar-refractivity contribution in [1.29, 1.82) is 0 Å². The Balaban J connectivity index is 2.39. The van der Waals surface area contributed by atoms with Crippen molar-refractivity contribution in [3.63, 3.8) is 0 Å². The van der Waals surface area contributed by atoms with Crippen LogP contribution in [0.25, 0.3) is 0 Å². The van der Waals surface area contributed by atoms with Crippen LogP contribution >= 0.6 is 27.5 Å². The van der Waals surface area contributed by atoms with Crippen LogP contribution in [0.2, 0.25) is 5.02 Å². The van der Waals surface area contributed by atoms with Crippen molar-refractivity contribution < 1.29 is 8.42 Å².